The summed E-state index contributed by atoms with van der Waals surface area (Å²) in [5.74, 6) is 0.766. The van der Waals surface area contributed by atoms with Crippen molar-refractivity contribution in [2.45, 2.75) is 20.1 Å². The number of nitro benzene ring substituents is 1. The van der Waals surface area contributed by atoms with Crippen molar-refractivity contribution in [1.29, 1.82) is 0 Å². The van der Waals surface area contributed by atoms with Crippen molar-refractivity contribution in [2.24, 2.45) is 0 Å². The number of benzene rings is 3. The molecule has 0 radical (unpaired) electrons. The molecule has 0 spiro atoms. The van der Waals surface area contributed by atoms with Gasteiger partial charge in [0, 0.05) is 24.4 Å². The highest BCUT2D eigenvalue weighted by atomic mass is 79.9. The molecule has 0 aliphatic carbocycles. The van der Waals surface area contributed by atoms with Crippen molar-refractivity contribution in [3.63, 3.8) is 0 Å². The molecule has 0 aromatic heterocycles. The zero-order valence-electron chi connectivity index (χ0n) is 16.2. The maximum absolute atomic E-state index is 13.4. The predicted octanol–water partition coefficient (Wildman–Crippen LogP) is 6.09. The molecule has 0 saturated carbocycles. The van der Waals surface area contributed by atoms with Gasteiger partial charge in [0.2, 0.25) is 0 Å². The molecule has 156 valence electrons. The molecule has 1 N–H and O–H groups in total. The van der Waals surface area contributed by atoms with E-state index in [-0.39, 0.29) is 18.1 Å². The number of halogens is 2. The van der Waals surface area contributed by atoms with E-state index in [0.717, 1.165) is 5.56 Å². The van der Waals surface area contributed by atoms with Crippen molar-refractivity contribution >= 4 is 27.3 Å². The minimum Gasteiger partial charge on any atom is -0.490 e. The number of anilines is 1. The molecule has 6 nitrogen and oxygen atoms in total. The summed E-state index contributed by atoms with van der Waals surface area (Å²) in [5, 5.41) is 14.1. The van der Waals surface area contributed by atoms with Gasteiger partial charge in [0.15, 0.2) is 11.5 Å². The normalized spacial score (nSPS) is 10.5. The van der Waals surface area contributed by atoms with Crippen LogP contribution in [-0.2, 0) is 13.2 Å². The number of hydrogen-bond acceptors (Lipinski definition) is 5. The third-order valence-electron chi connectivity index (χ3n) is 4.19. The second-order valence-corrected chi connectivity index (χ2v) is 7.27. The average molecular weight is 475 g/mol. The molecular formula is C22H20BrFN2O4. The van der Waals surface area contributed by atoms with Crippen LogP contribution in [0.1, 0.15) is 18.1 Å². The maximum Gasteiger partial charge on any atom is 0.271 e. The summed E-state index contributed by atoms with van der Waals surface area (Å²) in [6, 6.07) is 16.3. The van der Waals surface area contributed by atoms with Gasteiger partial charge >= 0.3 is 0 Å². The van der Waals surface area contributed by atoms with Crippen molar-refractivity contribution in [3.05, 3.63) is 92.2 Å². The quantitative estimate of drug-likeness (QED) is 0.300. The van der Waals surface area contributed by atoms with Gasteiger partial charge in [0.1, 0.15) is 12.4 Å². The van der Waals surface area contributed by atoms with E-state index < -0.39 is 4.92 Å². The Hall–Kier alpha value is -3.13. The molecule has 3 rings (SSSR count). The molecule has 0 amide bonds. The van der Waals surface area contributed by atoms with E-state index in [2.05, 4.69) is 21.2 Å². The molecular weight excluding hydrogens is 455 g/mol. The van der Waals surface area contributed by atoms with E-state index in [9.17, 15) is 14.5 Å². The number of non-ortho nitro benzene ring substituents is 1. The smallest absolute Gasteiger partial charge is 0.271 e. The summed E-state index contributed by atoms with van der Waals surface area (Å²) in [7, 11) is 0. The Labute approximate surface area is 181 Å². The van der Waals surface area contributed by atoms with E-state index in [4.69, 9.17) is 9.47 Å². The lowest BCUT2D eigenvalue weighted by Gasteiger charge is -2.16. The van der Waals surface area contributed by atoms with Gasteiger partial charge in [-0.3, -0.25) is 10.1 Å². The molecule has 0 aliphatic heterocycles. The SMILES string of the molecule is CCOc1cc(CNc2cccc([N+](=O)[O-])c2)cc(Br)c1OCc1cccc(F)c1. The summed E-state index contributed by atoms with van der Waals surface area (Å²) in [6.07, 6.45) is 0. The third kappa shape index (κ3) is 5.70. The Morgan fingerprint density at radius 2 is 1.87 bits per heavy atom. The van der Waals surface area contributed by atoms with Crippen LogP contribution in [0.25, 0.3) is 0 Å². The molecule has 0 saturated heterocycles. The van der Waals surface area contributed by atoms with Gasteiger partial charge in [-0.1, -0.05) is 18.2 Å². The fourth-order valence-corrected chi connectivity index (χ4v) is 3.45. The molecule has 0 heterocycles. The number of rotatable bonds is 9. The first-order chi connectivity index (χ1) is 14.5. The van der Waals surface area contributed by atoms with Crippen LogP contribution in [0.5, 0.6) is 11.5 Å². The van der Waals surface area contributed by atoms with Crippen LogP contribution in [0.4, 0.5) is 15.8 Å². The Balaban J connectivity index is 1.75. The first-order valence-corrected chi connectivity index (χ1v) is 10.1. The second-order valence-electron chi connectivity index (χ2n) is 6.42. The number of ether oxygens (including phenoxy) is 2. The van der Waals surface area contributed by atoms with Gasteiger partial charge in [-0.2, -0.15) is 0 Å². The van der Waals surface area contributed by atoms with Gasteiger partial charge in [0.05, 0.1) is 16.0 Å². The summed E-state index contributed by atoms with van der Waals surface area (Å²) in [6.45, 7) is 2.95. The maximum atomic E-state index is 13.4. The summed E-state index contributed by atoms with van der Waals surface area (Å²) in [4.78, 5) is 10.5. The van der Waals surface area contributed by atoms with Crippen LogP contribution in [0.2, 0.25) is 0 Å². The largest absolute Gasteiger partial charge is 0.490 e. The molecule has 0 unspecified atom stereocenters. The van der Waals surface area contributed by atoms with E-state index in [1.807, 2.05) is 19.1 Å². The van der Waals surface area contributed by atoms with Gasteiger partial charge in [-0.25, -0.2) is 4.39 Å². The number of hydrogen-bond donors (Lipinski definition) is 1. The summed E-state index contributed by atoms with van der Waals surface area (Å²) in [5.41, 5.74) is 2.28. The lowest BCUT2D eigenvalue weighted by molar-refractivity contribution is -0.384. The fourth-order valence-electron chi connectivity index (χ4n) is 2.84. The number of nitro groups is 1. The van der Waals surface area contributed by atoms with Crippen molar-refractivity contribution < 1.29 is 18.8 Å². The molecule has 0 atom stereocenters. The van der Waals surface area contributed by atoms with Crippen LogP contribution in [0, 0.1) is 15.9 Å². The van der Waals surface area contributed by atoms with Crippen molar-refractivity contribution in [2.75, 3.05) is 11.9 Å². The molecule has 8 heteroatoms. The summed E-state index contributed by atoms with van der Waals surface area (Å²) >= 11 is 3.52. The standard InChI is InChI=1S/C22H20BrFN2O4/c1-2-29-21-11-16(13-25-18-7-4-8-19(12-18)26(27)28)10-20(23)22(21)30-14-15-5-3-6-17(24)9-15/h3-12,25H,2,13-14H2,1H3. The lowest BCUT2D eigenvalue weighted by Crippen LogP contribution is -2.04. The minimum absolute atomic E-state index is 0.0253. The van der Waals surface area contributed by atoms with Gasteiger partial charge in [-0.15, -0.1) is 0 Å². The molecule has 3 aromatic carbocycles. The predicted molar refractivity (Wildman–Crippen MR) is 116 cm³/mol. The van der Waals surface area contributed by atoms with Crippen LogP contribution in [0.15, 0.2) is 65.1 Å². The van der Waals surface area contributed by atoms with Crippen molar-refractivity contribution in [1.82, 2.24) is 0 Å². The molecule has 3 aromatic rings. The second kappa shape index (κ2) is 10.1. The summed E-state index contributed by atoms with van der Waals surface area (Å²) < 4.78 is 25.7. The molecule has 0 fully saturated rings. The Kier molecular flexibility index (Phi) is 7.24. The van der Waals surface area contributed by atoms with E-state index in [0.29, 0.717) is 40.4 Å². The number of nitrogens with one attached hydrogen (secondary N) is 1. The van der Waals surface area contributed by atoms with Crippen LogP contribution in [0.3, 0.4) is 0 Å². The van der Waals surface area contributed by atoms with Crippen LogP contribution < -0.4 is 14.8 Å². The first kappa shape index (κ1) is 21.6. The van der Waals surface area contributed by atoms with Crippen LogP contribution in [-0.4, -0.2) is 11.5 Å². The topological polar surface area (TPSA) is 73.6 Å². The van der Waals surface area contributed by atoms with E-state index in [1.54, 1.807) is 24.3 Å². The van der Waals surface area contributed by atoms with Gasteiger partial charge < -0.3 is 14.8 Å². The van der Waals surface area contributed by atoms with Crippen molar-refractivity contribution in [3.8, 4) is 11.5 Å². The van der Waals surface area contributed by atoms with Crippen LogP contribution >= 0.6 is 15.9 Å². The van der Waals surface area contributed by atoms with E-state index in [1.165, 1.54) is 24.3 Å². The molecule has 30 heavy (non-hydrogen) atoms. The molecule has 0 aliphatic rings. The Morgan fingerprint density at radius 3 is 2.60 bits per heavy atom. The zero-order chi connectivity index (χ0) is 21.5. The highest BCUT2D eigenvalue weighted by Crippen LogP contribution is 2.37. The third-order valence-corrected chi connectivity index (χ3v) is 4.78. The Bertz CT molecular complexity index is 1050. The monoisotopic (exact) mass is 474 g/mol. The highest BCUT2D eigenvalue weighted by Gasteiger charge is 2.13. The molecule has 0 bridgehead atoms. The number of nitrogens with zero attached hydrogens (tertiary/aromatic N) is 1. The van der Waals surface area contributed by atoms with Gasteiger partial charge in [-0.05, 0) is 64.3 Å². The highest BCUT2D eigenvalue weighted by molar-refractivity contribution is 9.10. The minimum atomic E-state index is -0.431. The van der Waals surface area contributed by atoms with Gasteiger partial charge in [0.25, 0.3) is 5.69 Å². The Morgan fingerprint density at radius 1 is 1.07 bits per heavy atom. The zero-order valence-corrected chi connectivity index (χ0v) is 17.8. The fraction of sp³-hybridized carbons (Fsp3) is 0.182. The lowest BCUT2D eigenvalue weighted by atomic mass is 10.2. The van der Waals surface area contributed by atoms with E-state index >= 15 is 0 Å². The first-order valence-electron chi connectivity index (χ1n) is 9.27. The average Bonchev–Trinajstić information content (AvgIpc) is 2.72.